The quantitative estimate of drug-likeness (QED) is 0.306. The molecule has 1 heterocycles. The van der Waals surface area contributed by atoms with Crippen molar-refractivity contribution in [2.75, 3.05) is 18.5 Å². The van der Waals surface area contributed by atoms with E-state index < -0.39 is 23.6 Å². The molecule has 3 amide bonds. The third-order valence-corrected chi connectivity index (χ3v) is 6.82. The van der Waals surface area contributed by atoms with Crippen molar-refractivity contribution in [2.45, 2.75) is 20.5 Å². The van der Waals surface area contributed by atoms with Crippen LogP contribution >= 0.6 is 23.4 Å². The highest BCUT2D eigenvalue weighted by atomic mass is 35.5. The number of benzene rings is 3. The summed E-state index contributed by atoms with van der Waals surface area (Å²) in [6.45, 7) is 3.85. The average Bonchev–Trinajstić information content (AvgIpc) is 3.14. The van der Waals surface area contributed by atoms with Crippen LogP contribution in [0.4, 0.5) is 14.9 Å². The summed E-state index contributed by atoms with van der Waals surface area (Å²) in [5.41, 5.74) is 2.74. The molecule has 38 heavy (non-hydrogen) atoms. The molecule has 1 aliphatic rings. The lowest BCUT2D eigenvalue weighted by Crippen LogP contribution is -2.36. The van der Waals surface area contributed by atoms with Crippen LogP contribution in [0.3, 0.4) is 0 Å². The minimum atomic E-state index is -0.563. The molecule has 0 aromatic heterocycles. The monoisotopic (exact) mass is 554 g/mol. The number of imide groups is 1. The molecule has 1 aliphatic heterocycles. The van der Waals surface area contributed by atoms with Gasteiger partial charge in [0.25, 0.3) is 11.1 Å². The van der Waals surface area contributed by atoms with Gasteiger partial charge in [0.05, 0.1) is 11.5 Å². The van der Waals surface area contributed by atoms with Gasteiger partial charge in [0, 0.05) is 10.7 Å². The molecular weight excluding hydrogens is 531 g/mol. The summed E-state index contributed by atoms with van der Waals surface area (Å²) in [5, 5.41) is 2.61. The summed E-state index contributed by atoms with van der Waals surface area (Å²) < 4.78 is 24.7. The van der Waals surface area contributed by atoms with Gasteiger partial charge >= 0.3 is 0 Å². The molecule has 1 saturated heterocycles. The number of anilines is 1. The van der Waals surface area contributed by atoms with Crippen LogP contribution in [-0.2, 0) is 16.2 Å². The Morgan fingerprint density at radius 1 is 1.05 bits per heavy atom. The summed E-state index contributed by atoms with van der Waals surface area (Å²) in [6.07, 6.45) is 1.56. The van der Waals surface area contributed by atoms with E-state index in [1.807, 2.05) is 13.8 Å². The van der Waals surface area contributed by atoms with Crippen LogP contribution in [0, 0.1) is 12.7 Å². The zero-order chi connectivity index (χ0) is 27.2. The number of aryl methyl sites for hydroxylation is 1. The lowest BCUT2D eigenvalue weighted by atomic mass is 10.1. The molecule has 0 saturated carbocycles. The molecule has 10 heteroatoms. The van der Waals surface area contributed by atoms with E-state index in [9.17, 15) is 18.8 Å². The van der Waals surface area contributed by atoms with Crippen molar-refractivity contribution in [1.82, 2.24) is 4.90 Å². The fourth-order valence-corrected chi connectivity index (χ4v) is 4.56. The van der Waals surface area contributed by atoms with Gasteiger partial charge in [-0.15, -0.1) is 0 Å². The molecule has 196 valence electrons. The SMILES string of the molecule is CCOc1cc(/C=C2\SC(=O)N(CC(=O)Nc3ccc(C)c(Cl)c3)C2=O)ccc1OCc1ccc(F)cc1. The Morgan fingerprint density at radius 2 is 1.82 bits per heavy atom. The van der Waals surface area contributed by atoms with E-state index in [1.54, 1.807) is 54.6 Å². The average molecular weight is 555 g/mol. The topological polar surface area (TPSA) is 84.9 Å². The largest absolute Gasteiger partial charge is 0.490 e. The van der Waals surface area contributed by atoms with Crippen molar-refractivity contribution in [3.63, 3.8) is 0 Å². The number of amides is 3. The van der Waals surface area contributed by atoms with Gasteiger partial charge in [-0.2, -0.15) is 0 Å². The van der Waals surface area contributed by atoms with E-state index >= 15 is 0 Å². The maximum absolute atomic E-state index is 13.1. The van der Waals surface area contributed by atoms with Gasteiger partial charge in [-0.3, -0.25) is 19.3 Å². The highest BCUT2D eigenvalue weighted by Gasteiger charge is 2.36. The summed E-state index contributed by atoms with van der Waals surface area (Å²) in [5.74, 6) is -0.469. The first-order chi connectivity index (χ1) is 18.2. The number of hydrogen-bond acceptors (Lipinski definition) is 6. The van der Waals surface area contributed by atoms with Gasteiger partial charge in [-0.25, -0.2) is 4.39 Å². The normalized spacial score (nSPS) is 14.2. The second-order valence-corrected chi connectivity index (χ2v) is 9.73. The van der Waals surface area contributed by atoms with Crippen molar-refractivity contribution in [1.29, 1.82) is 0 Å². The van der Waals surface area contributed by atoms with Gasteiger partial charge in [0.15, 0.2) is 11.5 Å². The summed E-state index contributed by atoms with van der Waals surface area (Å²) in [4.78, 5) is 39.0. The molecule has 3 aromatic rings. The summed E-state index contributed by atoms with van der Waals surface area (Å²) in [7, 11) is 0. The van der Waals surface area contributed by atoms with E-state index in [-0.39, 0.29) is 17.3 Å². The van der Waals surface area contributed by atoms with Crippen LogP contribution < -0.4 is 14.8 Å². The smallest absolute Gasteiger partial charge is 0.294 e. The fraction of sp³-hybridized carbons (Fsp3) is 0.179. The maximum atomic E-state index is 13.1. The lowest BCUT2D eigenvalue weighted by Gasteiger charge is -2.13. The third-order valence-electron chi connectivity index (χ3n) is 5.50. The van der Waals surface area contributed by atoms with E-state index in [2.05, 4.69) is 5.32 Å². The number of carbonyl (C=O) groups is 3. The predicted molar refractivity (Wildman–Crippen MR) is 146 cm³/mol. The fourth-order valence-electron chi connectivity index (χ4n) is 3.55. The zero-order valence-electron chi connectivity index (χ0n) is 20.6. The molecule has 0 spiro atoms. The van der Waals surface area contributed by atoms with E-state index in [0.29, 0.717) is 34.4 Å². The van der Waals surface area contributed by atoms with Crippen LogP contribution in [0.25, 0.3) is 6.08 Å². The van der Waals surface area contributed by atoms with Gasteiger partial charge in [0.1, 0.15) is 19.0 Å². The Labute approximate surface area is 228 Å². The van der Waals surface area contributed by atoms with Crippen molar-refractivity contribution < 1.29 is 28.2 Å². The lowest BCUT2D eigenvalue weighted by molar-refractivity contribution is -0.127. The molecule has 4 rings (SSSR count). The van der Waals surface area contributed by atoms with Gasteiger partial charge in [-0.1, -0.05) is 35.9 Å². The molecule has 0 unspecified atom stereocenters. The number of thioether (sulfide) groups is 1. The third kappa shape index (κ3) is 6.73. The van der Waals surface area contributed by atoms with E-state index in [4.69, 9.17) is 21.1 Å². The molecule has 1 N–H and O–H groups in total. The molecule has 0 aliphatic carbocycles. The van der Waals surface area contributed by atoms with E-state index in [0.717, 1.165) is 27.8 Å². The summed E-state index contributed by atoms with van der Waals surface area (Å²) >= 11 is 6.85. The Morgan fingerprint density at radius 3 is 2.53 bits per heavy atom. The van der Waals surface area contributed by atoms with Crippen molar-refractivity contribution >= 4 is 52.2 Å². The first-order valence-corrected chi connectivity index (χ1v) is 12.9. The maximum Gasteiger partial charge on any atom is 0.294 e. The number of nitrogens with one attached hydrogen (secondary N) is 1. The number of hydrogen-bond donors (Lipinski definition) is 1. The molecule has 0 radical (unpaired) electrons. The number of rotatable bonds is 9. The van der Waals surface area contributed by atoms with Gasteiger partial charge < -0.3 is 14.8 Å². The van der Waals surface area contributed by atoms with Crippen LogP contribution in [0.2, 0.25) is 5.02 Å². The molecule has 0 bridgehead atoms. The first kappa shape index (κ1) is 27.2. The number of halogens is 2. The van der Waals surface area contributed by atoms with Crippen LogP contribution in [-0.4, -0.2) is 35.1 Å². The zero-order valence-corrected chi connectivity index (χ0v) is 22.2. The molecule has 1 fully saturated rings. The number of ether oxygens (including phenoxy) is 2. The number of carbonyl (C=O) groups excluding carboxylic acids is 3. The van der Waals surface area contributed by atoms with Crippen molar-refractivity contribution in [3.8, 4) is 11.5 Å². The molecule has 0 atom stereocenters. The summed E-state index contributed by atoms with van der Waals surface area (Å²) in [6, 6.07) is 16.2. The Bertz CT molecular complexity index is 1410. The number of nitrogens with zero attached hydrogens (tertiary/aromatic N) is 1. The Hall–Kier alpha value is -3.82. The molecule has 3 aromatic carbocycles. The van der Waals surface area contributed by atoms with Crippen molar-refractivity contribution in [2.24, 2.45) is 0 Å². The molecule has 7 nitrogen and oxygen atoms in total. The van der Waals surface area contributed by atoms with E-state index in [1.165, 1.54) is 12.1 Å². The second kappa shape index (κ2) is 12.1. The highest BCUT2D eigenvalue weighted by molar-refractivity contribution is 8.18. The Kier molecular flexibility index (Phi) is 8.70. The standard InChI is InChI=1S/C28H24ClFN2O5S/c1-3-36-24-12-19(7-11-23(24)37-16-18-5-8-20(30)9-6-18)13-25-27(34)32(28(35)38-25)15-26(33)31-21-10-4-17(2)22(29)14-21/h4-14H,3,15-16H2,1-2H3,(H,31,33)/b25-13-. The first-order valence-electron chi connectivity index (χ1n) is 11.7. The van der Waals surface area contributed by atoms with Gasteiger partial charge in [-0.05, 0) is 84.8 Å². The predicted octanol–water partition coefficient (Wildman–Crippen LogP) is 6.44. The van der Waals surface area contributed by atoms with Crippen LogP contribution in [0.5, 0.6) is 11.5 Å². The van der Waals surface area contributed by atoms with Crippen molar-refractivity contribution in [3.05, 3.63) is 93.1 Å². The highest BCUT2D eigenvalue weighted by Crippen LogP contribution is 2.35. The minimum absolute atomic E-state index is 0.184. The van der Waals surface area contributed by atoms with Gasteiger partial charge in [0.2, 0.25) is 5.91 Å². The minimum Gasteiger partial charge on any atom is -0.490 e. The van der Waals surface area contributed by atoms with Crippen LogP contribution in [0.1, 0.15) is 23.6 Å². The Balaban J connectivity index is 1.44. The molecular formula is C28H24ClFN2O5S. The van der Waals surface area contributed by atoms with Crippen LogP contribution in [0.15, 0.2) is 65.6 Å². The second-order valence-electron chi connectivity index (χ2n) is 8.33.